The van der Waals surface area contributed by atoms with Gasteiger partial charge in [-0.15, -0.1) is 0 Å². The first-order chi connectivity index (χ1) is 13.5. The Labute approximate surface area is 165 Å². The number of rotatable bonds is 9. The average Bonchev–Trinajstić information content (AvgIpc) is 2.72. The molecule has 1 N–H and O–H groups in total. The molecule has 2 rings (SSSR count). The SMILES string of the molecule is CCN(CC(=O)NCc1ccc(F)cc1)C(=O)c1ccc(N(CC)CC)nc1. The summed E-state index contributed by atoms with van der Waals surface area (Å²) in [5, 5.41) is 2.75. The summed E-state index contributed by atoms with van der Waals surface area (Å²) in [4.78, 5) is 32.8. The highest BCUT2D eigenvalue weighted by atomic mass is 19.1. The first-order valence-electron chi connectivity index (χ1n) is 9.49. The number of carbonyl (C=O) groups excluding carboxylic acids is 2. The Morgan fingerprint density at radius 2 is 1.68 bits per heavy atom. The van der Waals surface area contributed by atoms with Gasteiger partial charge in [-0.25, -0.2) is 9.37 Å². The molecule has 1 aromatic heterocycles. The summed E-state index contributed by atoms with van der Waals surface area (Å²) < 4.78 is 12.9. The van der Waals surface area contributed by atoms with Crippen LogP contribution in [0.15, 0.2) is 42.6 Å². The molecule has 0 saturated carbocycles. The molecule has 0 aliphatic heterocycles. The molecule has 6 nitrogen and oxygen atoms in total. The fraction of sp³-hybridized carbons (Fsp3) is 0.381. The van der Waals surface area contributed by atoms with E-state index in [-0.39, 0.29) is 30.7 Å². The van der Waals surface area contributed by atoms with Crippen molar-refractivity contribution >= 4 is 17.6 Å². The zero-order valence-electron chi connectivity index (χ0n) is 16.6. The van der Waals surface area contributed by atoms with Crippen molar-refractivity contribution < 1.29 is 14.0 Å². The van der Waals surface area contributed by atoms with E-state index in [9.17, 15) is 14.0 Å². The lowest BCUT2D eigenvalue weighted by molar-refractivity contribution is -0.121. The predicted octanol–water partition coefficient (Wildman–Crippen LogP) is 2.85. The van der Waals surface area contributed by atoms with Crippen LogP contribution in [0.2, 0.25) is 0 Å². The van der Waals surface area contributed by atoms with Gasteiger partial charge in [-0.3, -0.25) is 9.59 Å². The third-order valence-electron chi connectivity index (χ3n) is 4.49. The molecular weight excluding hydrogens is 359 g/mol. The summed E-state index contributed by atoms with van der Waals surface area (Å²) >= 11 is 0. The molecule has 0 unspecified atom stereocenters. The zero-order valence-corrected chi connectivity index (χ0v) is 16.6. The number of nitrogens with one attached hydrogen (secondary N) is 1. The minimum Gasteiger partial charge on any atom is -0.357 e. The Kier molecular flexibility index (Phi) is 7.92. The van der Waals surface area contributed by atoms with Gasteiger partial charge in [-0.05, 0) is 50.6 Å². The summed E-state index contributed by atoms with van der Waals surface area (Å²) in [6.45, 7) is 8.24. The number of hydrogen-bond acceptors (Lipinski definition) is 4. The summed E-state index contributed by atoms with van der Waals surface area (Å²) in [5.41, 5.74) is 1.24. The highest BCUT2D eigenvalue weighted by Crippen LogP contribution is 2.12. The van der Waals surface area contributed by atoms with Gasteiger partial charge < -0.3 is 15.1 Å². The Morgan fingerprint density at radius 1 is 1.00 bits per heavy atom. The topological polar surface area (TPSA) is 65.5 Å². The molecule has 2 aromatic rings. The maximum atomic E-state index is 12.9. The number of carbonyl (C=O) groups is 2. The molecule has 28 heavy (non-hydrogen) atoms. The van der Waals surface area contributed by atoms with E-state index in [0.717, 1.165) is 24.5 Å². The number of aromatic nitrogens is 1. The number of benzene rings is 1. The van der Waals surface area contributed by atoms with E-state index in [4.69, 9.17) is 0 Å². The van der Waals surface area contributed by atoms with E-state index in [0.29, 0.717) is 12.1 Å². The molecule has 0 aliphatic rings. The van der Waals surface area contributed by atoms with Crippen molar-refractivity contribution in [2.75, 3.05) is 31.1 Å². The van der Waals surface area contributed by atoms with Crippen molar-refractivity contribution in [1.82, 2.24) is 15.2 Å². The van der Waals surface area contributed by atoms with Gasteiger partial charge in [0.2, 0.25) is 5.91 Å². The molecule has 150 valence electrons. The minimum atomic E-state index is -0.321. The molecule has 0 fully saturated rings. The van der Waals surface area contributed by atoms with Crippen molar-refractivity contribution in [3.63, 3.8) is 0 Å². The quantitative estimate of drug-likeness (QED) is 0.720. The van der Waals surface area contributed by atoms with Crippen LogP contribution in [-0.4, -0.2) is 47.9 Å². The Bertz CT molecular complexity index is 774. The minimum absolute atomic E-state index is 0.0473. The summed E-state index contributed by atoms with van der Waals surface area (Å²) in [6, 6.07) is 9.48. The van der Waals surface area contributed by atoms with Crippen molar-refractivity contribution in [3.8, 4) is 0 Å². The van der Waals surface area contributed by atoms with E-state index >= 15 is 0 Å². The number of anilines is 1. The fourth-order valence-electron chi connectivity index (χ4n) is 2.79. The first-order valence-corrected chi connectivity index (χ1v) is 9.49. The number of pyridine rings is 1. The molecule has 7 heteroatoms. The molecular formula is C21H27FN4O2. The van der Waals surface area contributed by atoms with Crippen LogP contribution in [0.25, 0.3) is 0 Å². The monoisotopic (exact) mass is 386 g/mol. The molecule has 0 aliphatic carbocycles. The molecule has 0 bridgehead atoms. The second-order valence-electron chi connectivity index (χ2n) is 6.30. The van der Waals surface area contributed by atoms with Crippen molar-refractivity contribution in [3.05, 3.63) is 59.5 Å². The second-order valence-corrected chi connectivity index (χ2v) is 6.30. The third-order valence-corrected chi connectivity index (χ3v) is 4.49. The van der Waals surface area contributed by atoms with Gasteiger partial charge in [-0.1, -0.05) is 12.1 Å². The normalized spacial score (nSPS) is 10.4. The van der Waals surface area contributed by atoms with Gasteiger partial charge in [0, 0.05) is 32.4 Å². The lowest BCUT2D eigenvalue weighted by atomic mass is 10.2. The number of nitrogens with zero attached hydrogens (tertiary/aromatic N) is 3. The molecule has 1 aromatic carbocycles. The maximum absolute atomic E-state index is 12.9. The highest BCUT2D eigenvalue weighted by molar-refractivity contribution is 5.96. The lowest BCUT2D eigenvalue weighted by Gasteiger charge is -2.22. The van der Waals surface area contributed by atoms with Gasteiger partial charge in [0.1, 0.15) is 11.6 Å². The lowest BCUT2D eigenvalue weighted by Crippen LogP contribution is -2.40. The summed E-state index contributed by atoms with van der Waals surface area (Å²) in [5.74, 6) is -0.00892. The fourth-order valence-corrected chi connectivity index (χ4v) is 2.79. The van der Waals surface area contributed by atoms with E-state index in [1.165, 1.54) is 17.0 Å². The Balaban J connectivity index is 1.94. The Morgan fingerprint density at radius 3 is 2.21 bits per heavy atom. The number of halogens is 1. The van der Waals surface area contributed by atoms with Crippen molar-refractivity contribution in [2.24, 2.45) is 0 Å². The van der Waals surface area contributed by atoms with Crippen LogP contribution < -0.4 is 10.2 Å². The standard InChI is InChI=1S/C21H27FN4O2/c1-4-25(5-2)19-12-9-17(14-23-19)21(28)26(6-3)15-20(27)24-13-16-7-10-18(22)11-8-16/h7-12,14H,4-6,13,15H2,1-3H3,(H,24,27). The van der Waals surface area contributed by atoms with E-state index in [1.54, 1.807) is 24.4 Å². The second kappa shape index (κ2) is 10.4. The van der Waals surface area contributed by atoms with Crippen LogP contribution in [0, 0.1) is 5.82 Å². The van der Waals surface area contributed by atoms with Crippen molar-refractivity contribution in [2.45, 2.75) is 27.3 Å². The predicted molar refractivity (Wildman–Crippen MR) is 108 cm³/mol. The van der Waals surface area contributed by atoms with Crippen LogP contribution in [0.4, 0.5) is 10.2 Å². The van der Waals surface area contributed by atoms with Gasteiger partial charge in [0.25, 0.3) is 5.91 Å². The van der Waals surface area contributed by atoms with Gasteiger partial charge in [0.15, 0.2) is 0 Å². The number of hydrogen-bond donors (Lipinski definition) is 1. The number of likely N-dealkylation sites (N-methyl/N-ethyl adjacent to an activating group) is 1. The first kappa shape index (κ1) is 21.3. The number of amides is 2. The van der Waals surface area contributed by atoms with Crippen LogP contribution in [0.1, 0.15) is 36.7 Å². The van der Waals surface area contributed by atoms with Gasteiger partial charge >= 0.3 is 0 Å². The molecule has 1 heterocycles. The summed E-state index contributed by atoms with van der Waals surface area (Å²) in [7, 11) is 0. The van der Waals surface area contributed by atoms with E-state index < -0.39 is 0 Å². The van der Waals surface area contributed by atoms with Gasteiger partial charge in [0.05, 0.1) is 12.1 Å². The molecule has 0 atom stereocenters. The summed E-state index contributed by atoms with van der Waals surface area (Å²) in [6.07, 6.45) is 1.55. The molecule has 2 amide bonds. The van der Waals surface area contributed by atoms with Crippen LogP contribution in [0.5, 0.6) is 0 Å². The molecule has 0 saturated heterocycles. The van der Waals surface area contributed by atoms with Crippen LogP contribution in [0.3, 0.4) is 0 Å². The Hall–Kier alpha value is -2.96. The van der Waals surface area contributed by atoms with Crippen LogP contribution in [-0.2, 0) is 11.3 Å². The smallest absolute Gasteiger partial charge is 0.255 e. The maximum Gasteiger partial charge on any atom is 0.255 e. The van der Waals surface area contributed by atoms with Crippen molar-refractivity contribution in [1.29, 1.82) is 0 Å². The average molecular weight is 386 g/mol. The highest BCUT2D eigenvalue weighted by Gasteiger charge is 2.18. The van der Waals surface area contributed by atoms with Crippen LogP contribution >= 0.6 is 0 Å². The van der Waals surface area contributed by atoms with Gasteiger partial charge in [-0.2, -0.15) is 0 Å². The zero-order chi connectivity index (χ0) is 20.5. The largest absolute Gasteiger partial charge is 0.357 e. The molecule has 0 spiro atoms. The van der Waals surface area contributed by atoms with E-state index in [1.807, 2.05) is 26.8 Å². The molecule has 0 radical (unpaired) electrons. The van der Waals surface area contributed by atoms with E-state index in [2.05, 4.69) is 15.2 Å². The third kappa shape index (κ3) is 5.77.